The summed E-state index contributed by atoms with van der Waals surface area (Å²) in [7, 11) is 0. The molecule has 0 bridgehead atoms. The molecule has 0 radical (unpaired) electrons. The number of hydrogen-bond donors (Lipinski definition) is 2. The van der Waals surface area contributed by atoms with Crippen molar-refractivity contribution in [3.05, 3.63) is 46.2 Å². The number of aryl methyl sites for hydroxylation is 2. The van der Waals surface area contributed by atoms with Gasteiger partial charge in [0.2, 0.25) is 5.91 Å². The summed E-state index contributed by atoms with van der Waals surface area (Å²) in [5.41, 5.74) is 2.12. The molecule has 0 aliphatic heterocycles. The van der Waals surface area contributed by atoms with Gasteiger partial charge in [-0.15, -0.1) is 11.3 Å². The lowest BCUT2D eigenvalue weighted by Gasteiger charge is -2.05. The summed E-state index contributed by atoms with van der Waals surface area (Å²) >= 11 is 1.21. The molecule has 118 valence electrons. The minimum absolute atomic E-state index is 0.174. The summed E-state index contributed by atoms with van der Waals surface area (Å²) < 4.78 is 5.91. The molecule has 1 aromatic carbocycles. The van der Waals surface area contributed by atoms with E-state index in [0.29, 0.717) is 17.1 Å². The van der Waals surface area contributed by atoms with Crippen LogP contribution in [0, 0.1) is 13.8 Å². The predicted octanol–water partition coefficient (Wildman–Crippen LogP) is 3.39. The molecule has 2 N–H and O–H groups in total. The van der Waals surface area contributed by atoms with Crippen LogP contribution >= 0.6 is 11.3 Å². The number of carbonyl (C=O) groups excluding carboxylic acids is 1. The van der Waals surface area contributed by atoms with Gasteiger partial charge in [0, 0.05) is 16.0 Å². The molecule has 0 aliphatic rings. The van der Waals surface area contributed by atoms with E-state index in [4.69, 9.17) is 9.63 Å². The molecule has 6 nitrogen and oxygen atoms in total. The van der Waals surface area contributed by atoms with E-state index in [0.717, 1.165) is 15.6 Å². The number of hydrogen-bond acceptors (Lipinski definition) is 5. The number of nitrogens with zero attached hydrogens (tertiary/aromatic N) is 1. The van der Waals surface area contributed by atoms with Crippen LogP contribution in [-0.4, -0.2) is 22.1 Å². The van der Waals surface area contributed by atoms with Gasteiger partial charge in [0.25, 0.3) is 0 Å². The molecule has 0 atom stereocenters. The Kier molecular flexibility index (Phi) is 3.87. The van der Waals surface area contributed by atoms with E-state index in [9.17, 15) is 9.59 Å². The van der Waals surface area contributed by atoms with E-state index in [1.807, 2.05) is 0 Å². The zero-order chi connectivity index (χ0) is 16.6. The molecule has 2 aromatic heterocycles. The molecule has 3 rings (SSSR count). The van der Waals surface area contributed by atoms with Gasteiger partial charge < -0.3 is 14.9 Å². The monoisotopic (exact) mass is 330 g/mol. The molecule has 23 heavy (non-hydrogen) atoms. The molecule has 7 heteroatoms. The van der Waals surface area contributed by atoms with Crippen LogP contribution in [0.15, 0.2) is 28.8 Å². The number of rotatable bonds is 4. The summed E-state index contributed by atoms with van der Waals surface area (Å²) in [6, 6.07) is 6.93. The molecule has 0 spiro atoms. The summed E-state index contributed by atoms with van der Waals surface area (Å²) in [6.45, 7) is 3.57. The lowest BCUT2D eigenvalue weighted by atomic mass is 10.1. The van der Waals surface area contributed by atoms with Gasteiger partial charge in [-0.1, -0.05) is 5.16 Å². The Bertz CT molecular complexity index is 891. The first-order chi connectivity index (χ1) is 10.9. The van der Waals surface area contributed by atoms with Crippen LogP contribution in [0.2, 0.25) is 0 Å². The average molecular weight is 330 g/mol. The number of amides is 1. The number of thiophene rings is 1. The molecule has 2 heterocycles. The van der Waals surface area contributed by atoms with Crippen LogP contribution in [0.4, 0.5) is 5.69 Å². The number of carbonyl (C=O) groups is 2. The zero-order valence-electron chi connectivity index (χ0n) is 12.5. The number of carboxylic acid groups (broad SMARTS) is 1. The van der Waals surface area contributed by atoms with Crippen molar-refractivity contribution in [2.45, 2.75) is 20.3 Å². The summed E-state index contributed by atoms with van der Waals surface area (Å²) in [4.78, 5) is 23.4. The van der Waals surface area contributed by atoms with E-state index < -0.39 is 5.97 Å². The molecule has 0 saturated carbocycles. The van der Waals surface area contributed by atoms with Gasteiger partial charge in [-0.2, -0.15) is 0 Å². The van der Waals surface area contributed by atoms with Crippen LogP contribution in [-0.2, 0) is 11.2 Å². The van der Waals surface area contributed by atoms with Gasteiger partial charge >= 0.3 is 5.97 Å². The van der Waals surface area contributed by atoms with Crippen molar-refractivity contribution in [1.82, 2.24) is 5.16 Å². The number of nitrogens with one attached hydrogen (secondary N) is 1. The topological polar surface area (TPSA) is 92.4 Å². The summed E-state index contributed by atoms with van der Waals surface area (Å²) in [5, 5.41) is 16.5. The third-order valence-corrected chi connectivity index (χ3v) is 4.63. The third kappa shape index (κ3) is 3.09. The van der Waals surface area contributed by atoms with E-state index in [-0.39, 0.29) is 17.2 Å². The highest BCUT2D eigenvalue weighted by molar-refractivity contribution is 7.20. The molecule has 1 amide bonds. The first-order valence-electron chi connectivity index (χ1n) is 6.92. The Morgan fingerprint density at radius 1 is 1.30 bits per heavy atom. The van der Waals surface area contributed by atoms with Crippen molar-refractivity contribution < 1.29 is 19.2 Å². The fourth-order valence-electron chi connectivity index (χ4n) is 2.35. The second-order valence-corrected chi connectivity index (χ2v) is 6.28. The number of aromatic carboxylic acids is 1. The van der Waals surface area contributed by atoms with E-state index >= 15 is 0 Å². The van der Waals surface area contributed by atoms with Gasteiger partial charge in [-0.05, 0) is 43.5 Å². The van der Waals surface area contributed by atoms with Gasteiger partial charge in [0.05, 0.1) is 12.1 Å². The molecular formula is C16H14N2O4S. The van der Waals surface area contributed by atoms with Crippen LogP contribution in [0.25, 0.3) is 10.1 Å². The SMILES string of the molecule is Cc1noc(C)c1CC(=O)Nc1ccc2sc(C(=O)O)cc2c1. The van der Waals surface area contributed by atoms with E-state index in [2.05, 4.69) is 10.5 Å². The quantitative estimate of drug-likeness (QED) is 0.765. The predicted molar refractivity (Wildman–Crippen MR) is 87.1 cm³/mol. The van der Waals surface area contributed by atoms with Crippen molar-refractivity contribution in [2.75, 3.05) is 5.32 Å². The van der Waals surface area contributed by atoms with Crippen molar-refractivity contribution in [2.24, 2.45) is 0 Å². The lowest BCUT2D eigenvalue weighted by molar-refractivity contribution is -0.115. The maximum absolute atomic E-state index is 12.2. The highest BCUT2D eigenvalue weighted by atomic mass is 32.1. The molecule has 3 aromatic rings. The number of benzene rings is 1. The van der Waals surface area contributed by atoms with Crippen LogP contribution in [0.5, 0.6) is 0 Å². The van der Waals surface area contributed by atoms with Crippen molar-refractivity contribution in [3.63, 3.8) is 0 Å². The Hall–Kier alpha value is -2.67. The molecule has 0 fully saturated rings. The van der Waals surface area contributed by atoms with Gasteiger partial charge in [-0.25, -0.2) is 4.79 Å². The second kappa shape index (κ2) is 5.85. The van der Waals surface area contributed by atoms with Crippen molar-refractivity contribution in [3.8, 4) is 0 Å². The smallest absolute Gasteiger partial charge is 0.345 e. The second-order valence-electron chi connectivity index (χ2n) is 5.20. The van der Waals surface area contributed by atoms with Crippen LogP contribution in [0.1, 0.15) is 26.7 Å². The number of fused-ring (bicyclic) bond motifs is 1. The minimum atomic E-state index is -0.949. The maximum atomic E-state index is 12.2. The molecule has 0 aliphatic carbocycles. The summed E-state index contributed by atoms with van der Waals surface area (Å²) in [5.74, 6) is -0.486. The first kappa shape index (κ1) is 15.2. The average Bonchev–Trinajstić information content (AvgIpc) is 3.05. The lowest BCUT2D eigenvalue weighted by Crippen LogP contribution is -2.15. The van der Waals surface area contributed by atoms with E-state index in [1.165, 1.54) is 11.3 Å². The van der Waals surface area contributed by atoms with Crippen LogP contribution in [0.3, 0.4) is 0 Å². The summed E-state index contributed by atoms with van der Waals surface area (Å²) in [6.07, 6.45) is 0.184. The highest BCUT2D eigenvalue weighted by Gasteiger charge is 2.14. The van der Waals surface area contributed by atoms with E-state index in [1.54, 1.807) is 38.1 Å². The first-order valence-corrected chi connectivity index (χ1v) is 7.74. The molecule has 0 saturated heterocycles. The Morgan fingerprint density at radius 2 is 2.09 bits per heavy atom. The third-order valence-electron chi connectivity index (χ3n) is 3.53. The standard InChI is InChI=1S/C16H14N2O4S/c1-8-12(9(2)22-18-8)7-15(19)17-11-3-4-13-10(5-11)6-14(23-13)16(20)21/h3-6H,7H2,1-2H3,(H,17,19)(H,20,21). The Morgan fingerprint density at radius 3 is 2.74 bits per heavy atom. The normalized spacial score (nSPS) is 10.9. The van der Waals surface area contributed by atoms with Gasteiger partial charge in [0.1, 0.15) is 10.6 Å². The molecule has 0 unspecified atom stereocenters. The van der Waals surface area contributed by atoms with Crippen molar-refractivity contribution >= 4 is 39.0 Å². The number of anilines is 1. The minimum Gasteiger partial charge on any atom is -0.477 e. The fourth-order valence-corrected chi connectivity index (χ4v) is 3.23. The van der Waals surface area contributed by atoms with Crippen molar-refractivity contribution in [1.29, 1.82) is 0 Å². The number of aromatic nitrogens is 1. The number of carboxylic acids is 1. The zero-order valence-corrected chi connectivity index (χ0v) is 13.4. The largest absolute Gasteiger partial charge is 0.477 e. The maximum Gasteiger partial charge on any atom is 0.345 e. The Balaban J connectivity index is 1.78. The van der Waals surface area contributed by atoms with Gasteiger partial charge in [-0.3, -0.25) is 4.79 Å². The molecular weight excluding hydrogens is 316 g/mol. The Labute approximate surface area is 135 Å². The fraction of sp³-hybridized carbons (Fsp3) is 0.188. The van der Waals surface area contributed by atoms with Gasteiger partial charge in [0.15, 0.2) is 0 Å². The van der Waals surface area contributed by atoms with Crippen LogP contribution < -0.4 is 5.32 Å². The highest BCUT2D eigenvalue weighted by Crippen LogP contribution is 2.28.